The van der Waals surface area contributed by atoms with Gasteiger partial charge in [-0.25, -0.2) is 24.3 Å². The van der Waals surface area contributed by atoms with E-state index in [-0.39, 0.29) is 91.9 Å². The number of aromatic nitrogens is 6. The monoisotopic (exact) mass is 1310 g/mol. The van der Waals surface area contributed by atoms with E-state index >= 15 is 0 Å². The Kier molecular flexibility index (Phi) is 21.9. The fourth-order valence-corrected chi connectivity index (χ4v) is 13.2. The molecule has 30 nitrogen and oxygen atoms in total. The van der Waals surface area contributed by atoms with Gasteiger partial charge in [0.05, 0.1) is 25.6 Å². The quantitative estimate of drug-likeness (QED) is 0.0205. The third kappa shape index (κ3) is 17.5. The number of alkyl carbamates (subject to hydrolysis) is 1. The number of H-pyrrole nitrogens is 1. The zero-order valence-corrected chi connectivity index (χ0v) is 51.7. The summed E-state index contributed by atoms with van der Waals surface area (Å²) in [4.78, 5) is 134. The Morgan fingerprint density at radius 2 is 1.66 bits per heavy atom. The number of nitrogens with one attached hydrogen (secondary N) is 6. The summed E-state index contributed by atoms with van der Waals surface area (Å²) >= 11 is 9.60. The van der Waals surface area contributed by atoms with Gasteiger partial charge in [0, 0.05) is 67.5 Å². The lowest BCUT2D eigenvalue weighted by Gasteiger charge is -2.27. The van der Waals surface area contributed by atoms with Crippen molar-refractivity contribution < 1.29 is 80.4 Å². The third-order valence-electron chi connectivity index (χ3n) is 14.8. The maximum Gasteiger partial charge on any atom is 0.407 e. The van der Waals surface area contributed by atoms with E-state index in [4.69, 9.17) is 44.1 Å². The number of aromatic amines is 1. The number of imide groups is 1. The first-order valence-electron chi connectivity index (χ1n) is 28.4. The molecule has 1 aliphatic carbocycles. The molecule has 2 unspecified atom stereocenters. The number of fused-ring (bicyclic) bond motifs is 4. The molecule has 5 aromatic rings. The van der Waals surface area contributed by atoms with Gasteiger partial charge in [-0.15, -0.1) is 0 Å². The summed E-state index contributed by atoms with van der Waals surface area (Å²) in [7, 11) is 0. The molecule has 3 aromatic heterocycles. The number of thiol groups is 1. The van der Waals surface area contributed by atoms with Crippen molar-refractivity contribution in [3.05, 3.63) is 113 Å². The highest BCUT2D eigenvalue weighted by Gasteiger charge is 2.51. The second-order valence-electron chi connectivity index (χ2n) is 21.6. The lowest BCUT2D eigenvalue weighted by atomic mass is 10.0. The van der Waals surface area contributed by atoms with E-state index in [9.17, 15) is 52.9 Å². The van der Waals surface area contributed by atoms with E-state index in [1.54, 1.807) is 62.4 Å². The second-order valence-corrected chi connectivity index (χ2v) is 27.3. The Hall–Kier alpha value is -7.35. The number of nitrogens with zero attached hydrogens (tertiary/aromatic N) is 6. The Bertz CT molecular complexity index is 3600. The van der Waals surface area contributed by atoms with Crippen LogP contribution in [0.25, 0.3) is 11.2 Å². The van der Waals surface area contributed by atoms with Crippen molar-refractivity contribution in [3.8, 4) is 5.88 Å². The maximum atomic E-state index is 14.0. The molecule has 476 valence electrons. The summed E-state index contributed by atoms with van der Waals surface area (Å²) in [6.45, 7) is -4.01. The molecular weight excluding hydrogens is 1240 g/mol. The summed E-state index contributed by atoms with van der Waals surface area (Å²) in [6, 6.07) is 12.6. The molecule has 3 aliphatic heterocycles. The van der Waals surface area contributed by atoms with Crippen molar-refractivity contribution in [1.29, 1.82) is 0 Å². The minimum atomic E-state index is -4.36. The fourth-order valence-electron chi connectivity index (χ4n) is 10.2. The minimum Gasteiger partial charge on any atom is -0.474 e. The number of rotatable bonds is 22. The molecule has 1 saturated carbocycles. The van der Waals surface area contributed by atoms with Gasteiger partial charge >= 0.3 is 19.6 Å². The van der Waals surface area contributed by atoms with E-state index < -0.39 is 104 Å². The highest BCUT2D eigenvalue weighted by Crippen LogP contribution is 2.59. The second kappa shape index (κ2) is 29.5. The molecule has 9 rings (SSSR count). The van der Waals surface area contributed by atoms with Crippen LogP contribution in [0.3, 0.4) is 0 Å². The van der Waals surface area contributed by atoms with Gasteiger partial charge in [-0.2, -0.15) is 4.98 Å². The van der Waals surface area contributed by atoms with Gasteiger partial charge in [-0.3, -0.25) is 57.9 Å². The highest BCUT2D eigenvalue weighted by atomic mass is 32.7. The van der Waals surface area contributed by atoms with Crippen molar-refractivity contribution in [3.63, 3.8) is 0 Å². The molecular formula is C55H66N12O18P2S2. The van der Waals surface area contributed by atoms with Crippen LogP contribution < -0.4 is 36.9 Å². The van der Waals surface area contributed by atoms with Gasteiger partial charge in [0.15, 0.2) is 17.4 Å². The number of aliphatic hydroxyl groups is 1. The highest BCUT2D eigenvalue weighted by molar-refractivity contribution is 8.44. The van der Waals surface area contributed by atoms with Gasteiger partial charge in [-0.05, 0) is 79.7 Å². The topological polar surface area (TPSA) is 394 Å². The number of unbranched alkanes of at least 4 members (excludes halogenated alkanes) is 2. The van der Waals surface area contributed by atoms with Crippen molar-refractivity contribution in [2.24, 2.45) is 11.8 Å². The zero-order valence-electron chi connectivity index (χ0n) is 48.2. The summed E-state index contributed by atoms with van der Waals surface area (Å²) in [5.74, 6) is -3.69. The van der Waals surface area contributed by atoms with Crippen molar-refractivity contribution >= 4 is 102 Å². The first kappa shape index (κ1) is 66.1. The summed E-state index contributed by atoms with van der Waals surface area (Å²) in [5, 5.41) is 24.9. The lowest BCUT2D eigenvalue weighted by molar-refractivity contribution is -0.137. The number of anilines is 2. The number of ether oxygens (including phenoxy) is 3. The molecule has 89 heavy (non-hydrogen) atoms. The van der Waals surface area contributed by atoms with Crippen LogP contribution in [0.5, 0.6) is 5.88 Å². The number of benzene rings is 2. The Balaban J connectivity index is 0.738. The molecule has 2 saturated heterocycles. The molecule has 0 radical (unpaired) electrons. The predicted molar refractivity (Wildman–Crippen MR) is 322 cm³/mol. The SMILES string of the molecule is CC(C)[C@H](NC(=O)CCCCCN1C(=O)C=CC1=O)C(=O)N[C@@H](C)C(=O)Nc1ccc(COC(=O)NCCc2ccccc2C(=O)Nc2nc3c(ncn3[C@@H]3O[C@@H]4COP(O)(=S)O[C@H]5C[C@H](Oc6ccncn6)C[C@@H]5COP(=O)(S)O[C@@H]3[C@@H]4O)c(=O)[nH]2)cc1. The molecule has 3 fully saturated rings. The summed E-state index contributed by atoms with van der Waals surface area (Å²) in [5.41, 5.74) is 0.500. The number of amides is 7. The zero-order chi connectivity index (χ0) is 63.6. The van der Waals surface area contributed by atoms with Crippen molar-refractivity contribution in [1.82, 2.24) is 50.3 Å². The fraction of sp³-hybridized carbons (Fsp3) is 0.455. The Morgan fingerprint density at radius 1 is 0.899 bits per heavy atom. The average molecular weight is 1310 g/mol. The van der Waals surface area contributed by atoms with Crippen LogP contribution in [-0.4, -0.2) is 155 Å². The average Bonchev–Trinajstić information content (AvgIpc) is 1.67. The molecule has 2 aromatic carbocycles. The number of carbonyl (C=O) groups excluding carboxylic acids is 7. The van der Waals surface area contributed by atoms with Crippen LogP contribution in [-0.2, 0) is 80.9 Å². The molecule has 6 heterocycles. The number of imidazole rings is 1. The molecule has 34 heteroatoms. The van der Waals surface area contributed by atoms with E-state index in [1.165, 1.54) is 42.2 Å². The number of hydrogen-bond donors (Lipinski definition) is 9. The molecule has 2 bridgehead atoms. The van der Waals surface area contributed by atoms with Crippen LogP contribution >= 0.6 is 25.8 Å². The molecule has 8 N–H and O–H groups in total. The summed E-state index contributed by atoms with van der Waals surface area (Å²) < 4.78 is 56.0. The first-order valence-corrected chi connectivity index (χ1v) is 33.7. The summed E-state index contributed by atoms with van der Waals surface area (Å²) in [6.07, 6.45) is 0.929. The standard InChI is InChI=1S/C55H66N12O18P2S2/c1-30(2)44(62-40(68)11-5-4-8-22-66-42(69)16-17-43(66)70)51(74)60-31(3)49(72)61-35-14-12-32(13-15-35)25-79-55(76)57-21-18-33-9-6-7-10-37(33)50(73)64-54-63-48-45(52(75)65-54)59-29-67(48)53-47-46(71)39(83-53)27-81-86(77,88)84-38-24-36(82-41-19-20-56-28-58-41)23-34(38)26-80-87(78,89)85-47/h6-7,9-10,12-17,19-20,28-31,34,36,38-39,44,46-47,53,71H,4-5,8,11,18,21-27H2,1-3H3,(H,57,76)(H,60,74)(H,61,72)(H,62,68)(H,77,88)(H,78,89)(H2,63,64,65,73,75)/t31-,34+,36+,38-,39+,44-,46+,47+,53+,86?,87?/m0/s1. The van der Waals surface area contributed by atoms with E-state index in [0.717, 1.165) is 11.2 Å². The molecule has 11 atom stereocenters. The normalized spacial score (nSPS) is 25.0. The number of carbonyl (C=O) groups is 7. The van der Waals surface area contributed by atoms with Crippen LogP contribution in [0.15, 0.2) is 90.4 Å². The van der Waals surface area contributed by atoms with Crippen LogP contribution in [0.2, 0.25) is 0 Å². The van der Waals surface area contributed by atoms with E-state index in [0.29, 0.717) is 48.4 Å². The lowest BCUT2D eigenvalue weighted by Crippen LogP contribution is -2.53. The smallest absolute Gasteiger partial charge is 0.407 e. The molecule has 0 spiro atoms. The van der Waals surface area contributed by atoms with Crippen LogP contribution in [0.4, 0.5) is 16.4 Å². The van der Waals surface area contributed by atoms with Crippen molar-refractivity contribution in [2.75, 3.05) is 36.9 Å². The van der Waals surface area contributed by atoms with Crippen LogP contribution in [0, 0.1) is 11.8 Å². The van der Waals surface area contributed by atoms with Crippen LogP contribution in [0.1, 0.15) is 87.0 Å². The minimum absolute atomic E-state index is 0.0369. The van der Waals surface area contributed by atoms with Gasteiger partial charge in [0.1, 0.15) is 49.4 Å². The van der Waals surface area contributed by atoms with Gasteiger partial charge in [0.25, 0.3) is 23.3 Å². The molecule has 7 amide bonds. The van der Waals surface area contributed by atoms with Crippen molar-refractivity contribution in [2.45, 2.75) is 121 Å². The number of hydrogen-bond acceptors (Lipinski definition) is 22. The van der Waals surface area contributed by atoms with Gasteiger partial charge in [-0.1, -0.05) is 62.8 Å². The Morgan fingerprint density at radius 3 is 2.40 bits per heavy atom. The third-order valence-corrected chi connectivity index (χ3v) is 18.0. The maximum absolute atomic E-state index is 14.0. The van der Waals surface area contributed by atoms with Gasteiger partial charge < -0.3 is 59.0 Å². The van der Waals surface area contributed by atoms with E-state index in [1.807, 2.05) is 0 Å². The largest absolute Gasteiger partial charge is 0.474 e. The van der Waals surface area contributed by atoms with E-state index in [2.05, 4.69) is 63.8 Å². The Labute approximate surface area is 518 Å². The predicted octanol–water partition coefficient (Wildman–Crippen LogP) is 3.89. The first-order chi connectivity index (χ1) is 42.5. The number of aliphatic hydroxyl groups excluding tert-OH is 1. The molecule has 4 aliphatic rings. The van der Waals surface area contributed by atoms with Gasteiger partial charge in [0.2, 0.25) is 29.5 Å².